The van der Waals surface area contributed by atoms with Gasteiger partial charge in [-0.2, -0.15) is 0 Å². The van der Waals surface area contributed by atoms with Crippen molar-refractivity contribution >= 4 is 0 Å². The first-order chi connectivity index (χ1) is 9.29. The molecule has 0 saturated heterocycles. The molecule has 2 rings (SSSR count). The maximum absolute atomic E-state index is 13.5. The molecule has 3 heteroatoms. The van der Waals surface area contributed by atoms with E-state index in [1.54, 1.807) is 12.1 Å². The second-order valence-electron chi connectivity index (χ2n) is 5.34. The van der Waals surface area contributed by atoms with Crippen molar-refractivity contribution in [2.24, 2.45) is 0 Å². The summed E-state index contributed by atoms with van der Waals surface area (Å²) >= 11 is 0. The highest BCUT2D eigenvalue weighted by Gasteiger charge is 2.22. The van der Waals surface area contributed by atoms with E-state index >= 15 is 0 Å². The second-order valence-corrected chi connectivity index (χ2v) is 5.34. The van der Waals surface area contributed by atoms with E-state index in [9.17, 15) is 4.39 Å². The van der Waals surface area contributed by atoms with Gasteiger partial charge in [0.1, 0.15) is 5.82 Å². The molecule has 1 fully saturated rings. The van der Waals surface area contributed by atoms with Gasteiger partial charge in [-0.15, -0.1) is 0 Å². The Bertz CT molecular complexity index is 383. The average molecular weight is 265 g/mol. The van der Waals surface area contributed by atoms with Crippen LogP contribution in [0, 0.1) is 5.82 Å². The first-order valence-electron chi connectivity index (χ1n) is 7.38. The highest BCUT2D eigenvalue weighted by molar-refractivity contribution is 5.16. The lowest BCUT2D eigenvalue weighted by atomic mass is 9.92. The van der Waals surface area contributed by atoms with Crippen LogP contribution in [0.3, 0.4) is 0 Å². The van der Waals surface area contributed by atoms with Crippen molar-refractivity contribution in [2.75, 3.05) is 6.54 Å². The molecule has 1 aliphatic carbocycles. The zero-order valence-corrected chi connectivity index (χ0v) is 11.7. The fraction of sp³-hybridized carbons (Fsp3) is 0.625. The monoisotopic (exact) mass is 265 g/mol. The molecule has 1 N–H and O–H groups in total. The lowest BCUT2D eigenvalue weighted by Crippen LogP contribution is -2.37. The summed E-state index contributed by atoms with van der Waals surface area (Å²) < 4.78 is 19.4. The minimum atomic E-state index is -0.168. The molecule has 2 nitrogen and oxygen atoms in total. The van der Waals surface area contributed by atoms with E-state index in [4.69, 9.17) is 4.74 Å². The van der Waals surface area contributed by atoms with Crippen LogP contribution in [0.15, 0.2) is 24.3 Å². The fourth-order valence-corrected chi connectivity index (χ4v) is 2.65. The molecule has 1 saturated carbocycles. The second kappa shape index (κ2) is 7.61. The van der Waals surface area contributed by atoms with E-state index < -0.39 is 0 Å². The number of rotatable bonds is 6. The Hall–Kier alpha value is -0.930. The Morgan fingerprint density at radius 3 is 2.95 bits per heavy atom. The molecule has 1 aliphatic rings. The summed E-state index contributed by atoms with van der Waals surface area (Å²) in [4.78, 5) is 0. The molecular formula is C16H24FNO. The maximum atomic E-state index is 13.5. The number of hydrogen-bond donors (Lipinski definition) is 1. The topological polar surface area (TPSA) is 21.3 Å². The van der Waals surface area contributed by atoms with E-state index in [0.29, 0.717) is 18.2 Å². The van der Waals surface area contributed by atoms with Gasteiger partial charge in [0.15, 0.2) is 0 Å². The summed E-state index contributed by atoms with van der Waals surface area (Å²) in [7, 11) is 0. The van der Waals surface area contributed by atoms with Gasteiger partial charge in [-0.1, -0.05) is 25.1 Å². The Balaban J connectivity index is 1.78. The molecule has 2 atom stereocenters. The van der Waals surface area contributed by atoms with Gasteiger partial charge in [0.05, 0.1) is 12.7 Å². The van der Waals surface area contributed by atoms with E-state index in [2.05, 4.69) is 12.2 Å². The van der Waals surface area contributed by atoms with E-state index in [-0.39, 0.29) is 11.9 Å². The normalized spacial score (nSPS) is 23.5. The smallest absolute Gasteiger partial charge is 0.128 e. The molecular weight excluding hydrogens is 241 g/mol. The van der Waals surface area contributed by atoms with Crippen LogP contribution >= 0.6 is 0 Å². The van der Waals surface area contributed by atoms with Crippen LogP contribution < -0.4 is 5.32 Å². The lowest BCUT2D eigenvalue weighted by molar-refractivity contribution is 0.00739. The Morgan fingerprint density at radius 2 is 2.16 bits per heavy atom. The van der Waals surface area contributed by atoms with Gasteiger partial charge in [0.25, 0.3) is 0 Å². The summed E-state index contributed by atoms with van der Waals surface area (Å²) in [5.74, 6) is -0.168. The quantitative estimate of drug-likeness (QED) is 0.847. The van der Waals surface area contributed by atoms with Crippen molar-refractivity contribution in [3.05, 3.63) is 35.6 Å². The average Bonchev–Trinajstić information content (AvgIpc) is 2.45. The molecule has 0 bridgehead atoms. The third kappa shape index (κ3) is 4.59. The molecule has 0 amide bonds. The highest BCUT2D eigenvalue weighted by atomic mass is 19.1. The third-order valence-corrected chi connectivity index (χ3v) is 3.74. The van der Waals surface area contributed by atoms with Gasteiger partial charge in [-0.25, -0.2) is 4.39 Å². The van der Waals surface area contributed by atoms with Crippen molar-refractivity contribution in [1.82, 2.24) is 5.32 Å². The molecule has 0 radical (unpaired) electrons. The predicted molar refractivity (Wildman–Crippen MR) is 75.5 cm³/mol. The Labute approximate surface area is 115 Å². The third-order valence-electron chi connectivity index (χ3n) is 3.74. The SMILES string of the molecule is CCCNC1CCCC(OCc2ccccc2F)C1. The Morgan fingerprint density at radius 1 is 1.32 bits per heavy atom. The minimum Gasteiger partial charge on any atom is -0.373 e. The van der Waals surface area contributed by atoms with Crippen molar-refractivity contribution < 1.29 is 9.13 Å². The molecule has 0 aliphatic heterocycles. The van der Waals surface area contributed by atoms with Crippen LogP contribution in [0.2, 0.25) is 0 Å². The minimum absolute atomic E-state index is 0.168. The molecule has 106 valence electrons. The zero-order chi connectivity index (χ0) is 13.5. The summed E-state index contributed by atoms with van der Waals surface area (Å²) in [5, 5.41) is 3.56. The first kappa shape index (κ1) is 14.5. The van der Waals surface area contributed by atoms with Crippen molar-refractivity contribution in [3.63, 3.8) is 0 Å². The van der Waals surface area contributed by atoms with Gasteiger partial charge < -0.3 is 10.1 Å². The van der Waals surface area contributed by atoms with E-state index in [1.807, 2.05) is 6.07 Å². The molecule has 2 unspecified atom stereocenters. The van der Waals surface area contributed by atoms with E-state index in [1.165, 1.54) is 18.9 Å². The van der Waals surface area contributed by atoms with Crippen LogP contribution in [0.5, 0.6) is 0 Å². The van der Waals surface area contributed by atoms with Crippen LogP contribution in [-0.2, 0) is 11.3 Å². The lowest BCUT2D eigenvalue weighted by Gasteiger charge is -2.30. The summed E-state index contributed by atoms with van der Waals surface area (Å²) in [6.45, 7) is 3.64. The molecule has 0 heterocycles. The number of hydrogen-bond acceptors (Lipinski definition) is 2. The largest absolute Gasteiger partial charge is 0.373 e. The number of ether oxygens (including phenoxy) is 1. The van der Waals surface area contributed by atoms with Gasteiger partial charge in [-0.05, 0) is 44.7 Å². The summed E-state index contributed by atoms with van der Waals surface area (Å²) in [5.41, 5.74) is 0.658. The molecule has 0 aromatic heterocycles. The van der Waals surface area contributed by atoms with Crippen molar-refractivity contribution in [2.45, 2.75) is 57.8 Å². The summed E-state index contributed by atoms with van der Waals surface area (Å²) in [6.07, 6.45) is 6.01. The van der Waals surface area contributed by atoms with Crippen LogP contribution in [0.25, 0.3) is 0 Å². The van der Waals surface area contributed by atoms with Gasteiger partial charge in [0.2, 0.25) is 0 Å². The fourth-order valence-electron chi connectivity index (χ4n) is 2.65. The first-order valence-corrected chi connectivity index (χ1v) is 7.38. The highest BCUT2D eigenvalue weighted by Crippen LogP contribution is 2.22. The van der Waals surface area contributed by atoms with Crippen molar-refractivity contribution in [1.29, 1.82) is 0 Å². The van der Waals surface area contributed by atoms with Gasteiger partial charge >= 0.3 is 0 Å². The predicted octanol–water partition coefficient (Wildman–Crippen LogP) is 3.65. The number of halogens is 1. The van der Waals surface area contributed by atoms with Crippen LogP contribution in [-0.4, -0.2) is 18.7 Å². The number of nitrogens with one attached hydrogen (secondary N) is 1. The number of benzene rings is 1. The molecule has 0 spiro atoms. The molecule has 19 heavy (non-hydrogen) atoms. The van der Waals surface area contributed by atoms with Crippen LogP contribution in [0.1, 0.15) is 44.6 Å². The maximum Gasteiger partial charge on any atom is 0.128 e. The Kier molecular flexibility index (Phi) is 5.80. The van der Waals surface area contributed by atoms with Gasteiger partial charge in [0, 0.05) is 11.6 Å². The zero-order valence-electron chi connectivity index (χ0n) is 11.7. The van der Waals surface area contributed by atoms with Gasteiger partial charge in [-0.3, -0.25) is 0 Å². The molecule has 1 aromatic rings. The van der Waals surface area contributed by atoms with Crippen molar-refractivity contribution in [3.8, 4) is 0 Å². The van der Waals surface area contributed by atoms with E-state index in [0.717, 1.165) is 25.8 Å². The standard InChI is InChI=1S/C16H24FNO/c1-2-10-18-14-7-5-8-15(11-14)19-12-13-6-3-4-9-16(13)17/h3-4,6,9,14-15,18H,2,5,7-8,10-12H2,1H3. The van der Waals surface area contributed by atoms with Crippen LogP contribution in [0.4, 0.5) is 4.39 Å². The summed E-state index contributed by atoms with van der Waals surface area (Å²) in [6, 6.07) is 7.42. The molecule has 1 aromatic carbocycles.